The van der Waals surface area contributed by atoms with Crippen molar-refractivity contribution in [3.63, 3.8) is 0 Å². The summed E-state index contributed by atoms with van der Waals surface area (Å²) in [5, 5.41) is 0.644. The fraction of sp³-hybridized carbons (Fsp3) is 0.222. The van der Waals surface area contributed by atoms with Crippen LogP contribution in [-0.4, -0.2) is 30.9 Å². The maximum atomic E-state index is 11.5. The van der Waals surface area contributed by atoms with Gasteiger partial charge < -0.3 is 9.64 Å². The predicted octanol–water partition coefficient (Wildman–Crippen LogP) is 5.17. The van der Waals surface area contributed by atoms with Crippen molar-refractivity contribution in [3.05, 3.63) is 67.6 Å². The summed E-state index contributed by atoms with van der Waals surface area (Å²) < 4.78 is 6.49. The summed E-state index contributed by atoms with van der Waals surface area (Å²) >= 11 is 9.95. The molecule has 0 radical (unpaired) electrons. The normalized spacial score (nSPS) is 12.4. The summed E-state index contributed by atoms with van der Waals surface area (Å²) in [6.07, 6.45) is 0. The smallest absolute Gasteiger partial charge is 0.338 e. The number of methoxy groups -OCH3 is 1. The van der Waals surface area contributed by atoms with Crippen molar-refractivity contribution in [2.75, 3.05) is 14.2 Å². The second-order valence-electron chi connectivity index (χ2n) is 5.39. The van der Waals surface area contributed by atoms with Gasteiger partial charge in [0.2, 0.25) is 0 Å². The number of halogens is 3. The van der Waals surface area contributed by atoms with Gasteiger partial charge >= 0.3 is 5.97 Å². The number of hydrogen-bond donors (Lipinski definition) is 0. The first kappa shape index (κ1) is 20.1. The minimum absolute atomic E-state index is 0.117. The molecule has 0 atom stereocenters. The quantitative estimate of drug-likeness (QED) is 0.395. The third-order valence-electron chi connectivity index (χ3n) is 3.68. The number of carbonyl (C=O) groups excluding carboxylic acids is 2. The van der Waals surface area contributed by atoms with Crippen molar-refractivity contribution in [1.82, 2.24) is 4.90 Å². The Morgan fingerprint density at radius 2 is 1.80 bits per heavy atom. The van der Waals surface area contributed by atoms with E-state index in [1.54, 1.807) is 11.0 Å². The second kappa shape index (κ2) is 8.96. The standard InChI is InChI=1S/C9H8Br2O2.C9H8BrNO/c1-13-9(12)8-4-7(11)3-2-6(8)5-10;1-11-5-6-2-3-7(10)4-8(6)9(11)12/h2-4H,5H2,1H3;2-4H,5H2,1H3. The molecule has 0 saturated heterocycles. The molecular weight excluding hydrogens is 518 g/mol. The zero-order valence-electron chi connectivity index (χ0n) is 13.7. The number of carbonyl (C=O) groups is 2. The Hall–Kier alpha value is -1.18. The summed E-state index contributed by atoms with van der Waals surface area (Å²) in [6.45, 7) is 0.738. The molecule has 0 aliphatic carbocycles. The van der Waals surface area contributed by atoms with Gasteiger partial charge in [0.25, 0.3) is 5.91 Å². The van der Waals surface area contributed by atoms with E-state index in [4.69, 9.17) is 0 Å². The first-order valence-electron chi connectivity index (χ1n) is 7.34. The van der Waals surface area contributed by atoms with E-state index in [-0.39, 0.29) is 11.9 Å². The van der Waals surface area contributed by atoms with Crippen LogP contribution in [0.3, 0.4) is 0 Å². The number of alkyl halides is 1. The third kappa shape index (κ3) is 4.92. The number of ether oxygens (including phenoxy) is 1. The average molecular weight is 534 g/mol. The van der Waals surface area contributed by atoms with E-state index in [9.17, 15) is 9.59 Å². The van der Waals surface area contributed by atoms with Crippen LogP contribution < -0.4 is 0 Å². The maximum absolute atomic E-state index is 11.5. The average Bonchev–Trinajstić information content (AvgIpc) is 2.89. The van der Waals surface area contributed by atoms with Crippen LogP contribution in [-0.2, 0) is 16.6 Å². The lowest BCUT2D eigenvalue weighted by atomic mass is 10.1. The molecule has 2 aromatic carbocycles. The van der Waals surface area contributed by atoms with Gasteiger partial charge in [-0.05, 0) is 35.4 Å². The van der Waals surface area contributed by atoms with Crippen molar-refractivity contribution in [3.8, 4) is 0 Å². The van der Waals surface area contributed by atoms with Gasteiger partial charge in [-0.25, -0.2) is 4.79 Å². The van der Waals surface area contributed by atoms with E-state index in [0.29, 0.717) is 10.9 Å². The van der Waals surface area contributed by atoms with Crippen LogP contribution in [0.5, 0.6) is 0 Å². The van der Waals surface area contributed by atoms with Crippen LogP contribution >= 0.6 is 47.8 Å². The number of esters is 1. The molecule has 3 rings (SSSR count). The number of nitrogens with zero attached hydrogens (tertiary/aromatic N) is 1. The zero-order valence-corrected chi connectivity index (χ0v) is 18.4. The molecule has 0 unspecified atom stereocenters. The van der Waals surface area contributed by atoms with Crippen molar-refractivity contribution in [2.45, 2.75) is 11.9 Å². The van der Waals surface area contributed by atoms with Gasteiger partial charge in [0.15, 0.2) is 0 Å². The first-order chi connectivity index (χ1) is 11.9. The summed E-state index contributed by atoms with van der Waals surface area (Å²) in [6, 6.07) is 11.4. The van der Waals surface area contributed by atoms with Crippen LogP contribution in [0.2, 0.25) is 0 Å². The molecule has 0 fully saturated rings. The number of fused-ring (bicyclic) bond motifs is 1. The van der Waals surface area contributed by atoms with E-state index >= 15 is 0 Å². The molecule has 1 amide bonds. The predicted molar refractivity (Wildman–Crippen MR) is 108 cm³/mol. The molecule has 0 saturated carbocycles. The summed E-state index contributed by atoms with van der Waals surface area (Å²) in [4.78, 5) is 24.5. The monoisotopic (exact) mass is 531 g/mol. The maximum Gasteiger partial charge on any atom is 0.338 e. The third-order valence-corrected chi connectivity index (χ3v) is 5.27. The first-order valence-corrected chi connectivity index (χ1v) is 10.0. The lowest BCUT2D eigenvalue weighted by Gasteiger charge is -2.05. The van der Waals surface area contributed by atoms with Gasteiger partial charge in [-0.2, -0.15) is 0 Å². The lowest BCUT2D eigenvalue weighted by Crippen LogP contribution is -2.17. The molecule has 0 N–H and O–H groups in total. The largest absolute Gasteiger partial charge is 0.465 e. The van der Waals surface area contributed by atoms with E-state index in [1.807, 2.05) is 37.4 Å². The van der Waals surface area contributed by atoms with Crippen molar-refractivity contribution >= 4 is 59.7 Å². The second-order valence-corrected chi connectivity index (χ2v) is 7.78. The molecule has 0 spiro atoms. The van der Waals surface area contributed by atoms with Gasteiger partial charge in [0.1, 0.15) is 0 Å². The Morgan fingerprint density at radius 1 is 1.16 bits per heavy atom. The molecule has 4 nitrogen and oxygen atoms in total. The van der Waals surface area contributed by atoms with E-state index in [2.05, 4.69) is 52.5 Å². The Bertz CT molecular complexity index is 808. The van der Waals surface area contributed by atoms with E-state index in [0.717, 1.165) is 32.2 Å². The molecule has 1 aliphatic heterocycles. The lowest BCUT2D eigenvalue weighted by molar-refractivity contribution is 0.0599. The van der Waals surface area contributed by atoms with Crippen LogP contribution in [0.15, 0.2) is 45.3 Å². The van der Waals surface area contributed by atoms with Crippen LogP contribution in [0, 0.1) is 0 Å². The SMILES string of the molecule is CN1Cc2ccc(Br)cc2C1=O.COC(=O)c1cc(Br)ccc1CBr. The molecule has 25 heavy (non-hydrogen) atoms. The van der Waals surface area contributed by atoms with Gasteiger partial charge in [-0.3, -0.25) is 4.79 Å². The highest BCUT2D eigenvalue weighted by atomic mass is 79.9. The van der Waals surface area contributed by atoms with Crippen molar-refractivity contribution < 1.29 is 14.3 Å². The number of hydrogen-bond acceptors (Lipinski definition) is 3. The van der Waals surface area contributed by atoms with Crippen molar-refractivity contribution in [1.29, 1.82) is 0 Å². The summed E-state index contributed by atoms with van der Waals surface area (Å²) in [7, 11) is 3.19. The minimum atomic E-state index is -0.309. The molecule has 7 heteroatoms. The highest BCUT2D eigenvalue weighted by Gasteiger charge is 2.23. The molecule has 0 bridgehead atoms. The summed E-state index contributed by atoms with van der Waals surface area (Å²) in [5.41, 5.74) is 3.46. The molecule has 132 valence electrons. The van der Waals surface area contributed by atoms with Crippen LogP contribution in [0.1, 0.15) is 31.8 Å². The van der Waals surface area contributed by atoms with Crippen LogP contribution in [0.4, 0.5) is 0 Å². The van der Waals surface area contributed by atoms with Gasteiger partial charge in [-0.1, -0.05) is 59.9 Å². The molecule has 1 heterocycles. The summed E-state index contributed by atoms with van der Waals surface area (Å²) in [5.74, 6) is -0.193. The van der Waals surface area contributed by atoms with Gasteiger partial charge in [-0.15, -0.1) is 0 Å². The molecule has 2 aromatic rings. The Kier molecular flexibility index (Phi) is 7.22. The zero-order chi connectivity index (χ0) is 18.6. The van der Waals surface area contributed by atoms with E-state index in [1.165, 1.54) is 7.11 Å². The fourth-order valence-electron chi connectivity index (χ4n) is 2.38. The van der Waals surface area contributed by atoms with Crippen molar-refractivity contribution in [2.24, 2.45) is 0 Å². The van der Waals surface area contributed by atoms with Crippen LogP contribution in [0.25, 0.3) is 0 Å². The molecular formula is C18H16Br3NO3. The number of benzene rings is 2. The number of rotatable bonds is 2. The molecule has 0 aromatic heterocycles. The highest BCUT2D eigenvalue weighted by molar-refractivity contribution is 9.10. The molecule has 1 aliphatic rings. The Balaban J connectivity index is 0.000000181. The fourth-order valence-corrected chi connectivity index (χ4v) is 3.59. The van der Waals surface area contributed by atoms with Gasteiger partial charge in [0, 0.05) is 33.4 Å². The topological polar surface area (TPSA) is 46.6 Å². The highest BCUT2D eigenvalue weighted by Crippen LogP contribution is 2.24. The Morgan fingerprint density at radius 3 is 2.44 bits per heavy atom. The van der Waals surface area contributed by atoms with E-state index < -0.39 is 0 Å². The minimum Gasteiger partial charge on any atom is -0.465 e. The Labute approximate surface area is 171 Å². The number of amides is 1. The van der Waals surface area contributed by atoms with Gasteiger partial charge in [0.05, 0.1) is 12.7 Å².